The molecule has 1 amide bonds. The third-order valence-corrected chi connectivity index (χ3v) is 5.94. The number of primary amides is 1. The molecule has 5 nitrogen and oxygen atoms in total. The van der Waals surface area contributed by atoms with Gasteiger partial charge >= 0.3 is 6.18 Å². The minimum absolute atomic E-state index is 0.343. The average molecular weight is 475 g/mol. The molecule has 1 heterocycles. The average Bonchev–Trinajstić information content (AvgIpc) is 3.08. The number of aryl methyl sites for hydroxylation is 1. The van der Waals surface area contributed by atoms with E-state index in [0.717, 1.165) is 29.8 Å². The fraction of sp³-hybridized carbons (Fsp3) is 0.346. The first-order chi connectivity index (χ1) is 16.1. The molecule has 0 aliphatic rings. The summed E-state index contributed by atoms with van der Waals surface area (Å²) in [5, 5.41) is 0. The van der Waals surface area contributed by atoms with Gasteiger partial charge < -0.3 is 19.8 Å². The van der Waals surface area contributed by atoms with Crippen molar-refractivity contribution >= 4 is 5.91 Å². The van der Waals surface area contributed by atoms with Gasteiger partial charge in [0.05, 0.1) is 25.3 Å². The Hall–Kier alpha value is -3.42. The number of carbonyl (C=O) groups is 1. The van der Waals surface area contributed by atoms with E-state index in [4.69, 9.17) is 15.2 Å². The smallest absolute Gasteiger partial charge is 0.416 e. The van der Waals surface area contributed by atoms with Gasteiger partial charge in [-0.05, 0) is 55.2 Å². The summed E-state index contributed by atoms with van der Waals surface area (Å²) in [5.41, 5.74) is 9.10. The Morgan fingerprint density at radius 3 is 2.18 bits per heavy atom. The van der Waals surface area contributed by atoms with E-state index in [0.29, 0.717) is 53.3 Å². The summed E-state index contributed by atoms with van der Waals surface area (Å²) < 4.78 is 51.9. The van der Waals surface area contributed by atoms with Crippen molar-refractivity contribution < 1.29 is 27.4 Å². The minimum Gasteiger partial charge on any atom is -0.493 e. The van der Waals surface area contributed by atoms with Crippen molar-refractivity contribution in [3.8, 4) is 22.6 Å². The molecule has 0 radical (unpaired) electrons. The summed E-state index contributed by atoms with van der Waals surface area (Å²) in [6, 6.07) is 10.6. The van der Waals surface area contributed by atoms with Gasteiger partial charge in [-0.15, -0.1) is 0 Å². The predicted octanol–water partition coefficient (Wildman–Crippen LogP) is 5.79. The summed E-state index contributed by atoms with van der Waals surface area (Å²) in [6.45, 7) is 4.40. The minimum atomic E-state index is -4.43. The van der Waals surface area contributed by atoms with E-state index in [1.54, 1.807) is 14.2 Å². The molecule has 3 aromatic rings. The molecule has 0 fully saturated rings. The third-order valence-electron chi connectivity index (χ3n) is 5.94. The van der Waals surface area contributed by atoms with Crippen LogP contribution in [0.4, 0.5) is 13.2 Å². The molecule has 0 saturated heterocycles. The van der Waals surface area contributed by atoms with Gasteiger partial charge in [0.2, 0.25) is 0 Å². The van der Waals surface area contributed by atoms with Gasteiger partial charge in [-0.25, -0.2) is 0 Å². The van der Waals surface area contributed by atoms with Crippen LogP contribution < -0.4 is 15.2 Å². The van der Waals surface area contributed by atoms with E-state index in [1.807, 2.05) is 36.6 Å². The van der Waals surface area contributed by atoms with Crippen molar-refractivity contribution in [2.24, 2.45) is 5.73 Å². The van der Waals surface area contributed by atoms with Crippen molar-refractivity contribution in [3.63, 3.8) is 0 Å². The number of amides is 1. The van der Waals surface area contributed by atoms with Crippen LogP contribution in [0.3, 0.4) is 0 Å². The number of aromatic nitrogens is 1. The van der Waals surface area contributed by atoms with Crippen LogP contribution in [-0.4, -0.2) is 24.7 Å². The Morgan fingerprint density at radius 2 is 1.65 bits per heavy atom. The maximum absolute atomic E-state index is 13.1. The molecule has 2 N–H and O–H groups in total. The number of methoxy groups -OCH3 is 2. The molecule has 0 bridgehead atoms. The van der Waals surface area contributed by atoms with Crippen molar-refractivity contribution in [2.75, 3.05) is 14.2 Å². The van der Waals surface area contributed by atoms with Gasteiger partial charge in [0.25, 0.3) is 5.91 Å². The van der Waals surface area contributed by atoms with Gasteiger partial charge in [0.1, 0.15) is 0 Å². The Labute approximate surface area is 197 Å². The standard InChI is InChI=1S/C26H29F3N2O3/c1-5-6-20-24(18-8-10-19(11-9-18)26(27,28)29)23(25(30)32)16(2)31(20)14-13-17-7-12-21(33-3)22(15-17)34-4/h7-12,15H,5-6,13-14H2,1-4H3,(H2,30,32). The zero-order valence-corrected chi connectivity index (χ0v) is 19.8. The lowest BCUT2D eigenvalue weighted by Crippen LogP contribution is -2.14. The molecule has 3 rings (SSSR count). The second kappa shape index (κ2) is 10.2. The van der Waals surface area contributed by atoms with Gasteiger partial charge in [0.15, 0.2) is 11.5 Å². The molecule has 0 unspecified atom stereocenters. The van der Waals surface area contributed by atoms with Crippen molar-refractivity contribution in [1.82, 2.24) is 4.57 Å². The van der Waals surface area contributed by atoms with Crippen LogP contribution >= 0.6 is 0 Å². The summed E-state index contributed by atoms with van der Waals surface area (Å²) >= 11 is 0. The van der Waals surface area contributed by atoms with Crippen LogP contribution in [0.25, 0.3) is 11.1 Å². The van der Waals surface area contributed by atoms with Crippen molar-refractivity contribution in [3.05, 3.63) is 70.5 Å². The molecular formula is C26H29F3N2O3. The lowest BCUT2D eigenvalue weighted by molar-refractivity contribution is -0.137. The number of carbonyl (C=O) groups excluding carboxylic acids is 1. The molecule has 0 aliphatic carbocycles. The Balaban J connectivity index is 2.06. The van der Waals surface area contributed by atoms with Gasteiger partial charge in [-0.3, -0.25) is 4.79 Å². The van der Waals surface area contributed by atoms with Crippen molar-refractivity contribution in [1.29, 1.82) is 0 Å². The Kier molecular flexibility index (Phi) is 7.59. The van der Waals surface area contributed by atoms with Crippen LogP contribution in [0.5, 0.6) is 11.5 Å². The lowest BCUT2D eigenvalue weighted by Gasteiger charge is -2.14. The van der Waals surface area contributed by atoms with Crippen LogP contribution in [0.2, 0.25) is 0 Å². The van der Waals surface area contributed by atoms with E-state index in [1.165, 1.54) is 12.1 Å². The molecule has 34 heavy (non-hydrogen) atoms. The number of halogens is 3. The number of nitrogens with zero attached hydrogens (tertiary/aromatic N) is 1. The number of hydrogen-bond acceptors (Lipinski definition) is 3. The molecule has 0 saturated carbocycles. The first-order valence-electron chi connectivity index (χ1n) is 11.0. The Bertz CT molecular complexity index is 1170. The highest BCUT2D eigenvalue weighted by Crippen LogP contribution is 2.36. The van der Waals surface area contributed by atoms with E-state index in [-0.39, 0.29) is 0 Å². The van der Waals surface area contributed by atoms with E-state index >= 15 is 0 Å². The highest BCUT2D eigenvalue weighted by atomic mass is 19.4. The number of rotatable bonds is 9. The topological polar surface area (TPSA) is 66.5 Å². The molecule has 0 spiro atoms. The van der Waals surface area contributed by atoms with Crippen LogP contribution in [-0.2, 0) is 25.6 Å². The maximum atomic E-state index is 13.1. The van der Waals surface area contributed by atoms with Gasteiger partial charge in [0, 0.05) is 23.5 Å². The Morgan fingerprint density at radius 1 is 1.00 bits per heavy atom. The molecule has 2 aromatic carbocycles. The van der Waals surface area contributed by atoms with E-state index in [2.05, 4.69) is 0 Å². The largest absolute Gasteiger partial charge is 0.493 e. The second-order valence-corrected chi connectivity index (χ2v) is 8.06. The highest BCUT2D eigenvalue weighted by Gasteiger charge is 2.31. The van der Waals surface area contributed by atoms with Crippen LogP contribution in [0, 0.1) is 6.92 Å². The first-order valence-corrected chi connectivity index (χ1v) is 11.0. The summed E-state index contributed by atoms with van der Waals surface area (Å²) in [5.74, 6) is 0.659. The monoisotopic (exact) mass is 474 g/mol. The normalized spacial score (nSPS) is 11.5. The maximum Gasteiger partial charge on any atom is 0.416 e. The molecule has 182 valence electrons. The van der Waals surface area contributed by atoms with Gasteiger partial charge in [-0.1, -0.05) is 31.5 Å². The lowest BCUT2D eigenvalue weighted by atomic mass is 9.97. The second-order valence-electron chi connectivity index (χ2n) is 8.06. The molecule has 1 aromatic heterocycles. The molecular weight excluding hydrogens is 445 g/mol. The number of nitrogens with two attached hydrogens (primary N) is 1. The number of alkyl halides is 3. The quantitative estimate of drug-likeness (QED) is 0.427. The fourth-order valence-electron chi connectivity index (χ4n) is 4.31. The first kappa shape index (κ1) is 25.2. The fourth-order valence-corrected chi connectivity index (χ4v) is 4.31. The SMILES string of the molecule is CCCc1c(-c2ccc(C(F)(F)F)cc2)c(C(N)=O)c(C)n1CCc1ccc(OC)c(OC)c1. The number of benzene rings is 2. The van der Waals surface area contributed by atoms with Gasteiger partial charge in [-0.2, -0.15) is 13.2 Å². The molecule has 8 heteroatoms. The van der Waals surface area contributed by atoms with E-state index < -0.39 is 17.6 Å². The third kappa shape index (κ3) is 5.05. The summed E-state index contributed by atoms with van der Waals surface area (Å²) in [4.78, 5) is 12.4. The number of ether oxygens (including phenoxy) is 2. The van der Waals surface area contributed by atoms with Crippen LogP contribution in [0.1, 0.15) is 46.2 Å². The summed E-state index contributed by atoms with van der Waals surface area (Å²) in [7, 11) is 3.15. The van der Waals surface area contributed by atoms with E-state index in [9.17, 15) is 18.0 Å². The van der Waals surface area contributed by atoms with Crippen LogP contribution in [0.15, 0.2) is 42.5 Å². The predicted molar refractivity (Wildman–Crippen MR) is 125 cm³/mol. The van der Waals surface area contributed by atoms with Crippen molar-refractivity contribution in [2.45, 2.75) is 45.8 Å². The zero-order chi connectivity index (χ0) is 25.0. The molecule has 0 atom stereocenters. The number of hydrogen-bond donors (Lipinski definition) is 1. The zero-order valence-electron chi connectivity index (χ0n) is 19.8. The highest BCUT2D eigenvalue weighted by molar-refractivity contribution is 6.02. The molecule has 0 aliphatic heterocycles. The summed E-state index contributed by atoms with van der Waals surface area (Å²) in [6.07, 6.45) is -2.34.